The van der Waals surface area contributed by atoms with E-state index in [0.717, 1.165) is 11.1 Å². The van der Waals surface area contributed by atoms with Crippen LogP contribution in [-0.4, -0.2) is 0 Å². The van der Waals surface area contributed by atoms with Crippen molar-refractivity contribution < 1.29 is 0 Å². The zero-order chi connectivity index (χ0) is 17.7. The highest BCUT2D eigenvalue weighted by molar-refractivity contribution is 7.17. The number of thiophene rings is 2. The summed E-state index contributed by atoms with van der Waals surface area (Å²) in [6.07, 6.45) is 0. The first kappa shape index (κ1) is 15.5. The van der Waals surface area contributed by atoms with Gasteiger partial charge in [0.15, 0.2) is 0 Å². The van der Waals surface area contributed by atoms with E-state index in [1.54, 1.807) is 22.7 Å². The number of fused-ring (bicyclic) bond motifs is 4. The fourth-order valence-corrected chi connectivity index (χ4v) is 5.28. The minimum Gasteiger partial charge on any atom is -0.144 e. The average molecular weight is 367 g/mol. The third-order valence-electron chi connectivity index (χ3n) is 4.76. The molecule has 0 aliphatic heterocycles. The van der Waals surface area contributed by atoms with Gasteiger partial charge in [0.05, 0.1) is 0 Å². The fourth-order valence-electron chi connectivity index (χ4n) is 3.66. The first-order valence-corrected chi connectivity index (χ1v) is 10.2. The van der Waals surface area contributed by atoms with E-state index in [-0.39, 0.29) is 0 Å². The van der Waals surface area contributed by atoms with E-state index in [0.29, 0.717) is 0 Å². The van der Waals surface area contributed by atoms with E-state index in [9.17, 15) is 0 Å². The Hall–Kier alpha value is -2.78. The lowest BCUT2D eigenvalue weighted by molar-refractivity contribution is 1.77. The molecule has 26 heavy (non-hydrogen) atoms. The fraction of sp³-hybridized carbons (Fsp3) is 0.0833. The number of hydrogen-bond acceptors (Lipinski definition) is 2. The van der Waals surface area contributed by atoms with Gasteiger partial charge in [-0.25, -0.2) is 0 Å². The Morgan fingerprint density at radius 1 is 0.615 bits per heavy atom. The van der Waals surface area contributed by atoms with Gasteiger partial charge in [-0.15, -0.1) is 34.5 Å². The second kappa shape index (κ2) is 5.89. The van der Waals surface area contributed by atoms with Crippen molar-refractivity contribution in [2.24, 2.45) is 0 Å². The zero-order valence-electron chi connectivity index (χ0n) is 14.4. The summed E-state index contributed by atoms with van der Waals surface area (Å²) < 4.78 is 2.59. The lowest BCUT2D eigenvalue weighted by Gasteiger charge is -2.12. The molecule has 0 atom stereocenters. The Morgan fingerprint density at radius 3 is 1.46 bits per heavy atom. The van der Waals surface area contributed by atoms with Crippen LogP contribution < -0.4 is 0 Å². The standard InChI is InChI=1S/C24H14S2/c1-3-5-17-19-11-15-7-9-26-24(15)14-22(19)18(6-4-2)20-12-16-8-10-25-23(16)13-21(17)20/h7-14H,1-2H3. The van der Waals surface area contributed by atoms with Crippen LogP contribution in [0.5, 0.6) is 0 Å². The van der Waals surface area contributed by atoms with Gasteiger partial charge in [-0.2, -0.15) is 0 Å². The van der Waals surface area contributed by atoms with Crippen molar-refractivity contribution in [3.8, 4) is 23.7 Å². The predicted molar refractivity (Wildman–Crippen MR) is 117 cm³/mol. The van der Waals surface area contributed by atoms with Crippen LogP contribution in [0.1, 0.15) is 25.0 Å². The second-order valence-corrected chi connectivity index (χ2v) is 8.11. The van der Waals surface area contributed by atoms with Crippen LogP contribution in [0.3, 0.4) is 0 Å². The second-order valence-electron chi connectivity index (χ2n) is 6.21. The molecular weight excluding hydrogens is 352 g/mol. The molecule has 2 heteroatoms. The molecule has 5 aromatic rings. The van der Waals surface area contributed by atoms with E-state index in [4.69, 9.17) is 0 Å². The van der Waals surface area contributed by atoms with Crippen molar-refractivity contribution in [3.63, 3.8) is 0 Å². The molecule has 0 N–H and O–H groups in total. The highest BCUT2D eigenvalue weighted by Crippen LogP contribution is 2.38. The van der Waals surface area contributed by atoms with Crippen molar-refractivity contribution in [2.45, 2.75) is 13.8 Å². The highest BCUT2D eigenvalue weighted by atomic mass is 32.1. The van der Waals surface area contributed by atoms with Crippen LogP contribution >= 0.6 is 22.7 Å². The van der Waals surface area contributed by atoms with Crippen molar-refractivity contribution in [3.05, 3.63) is 58.3 Å². The Kier molecular flexibility index (Phi) is 3.50. The molecule has 0 radical (unpaired) electrons. The minimum absolute atomic E-state index is 1.11. The van der Waals surface area contributed by atoms with Gasteiger partial charge in [0.2, 0.25) is 0 Å². The molecule has 0 unspecified atom stereocenters. The normalized spacial score (nSPS) is 10.8. The molecule has 0 amide bonds. The molecule has 2 aromatic heterocycles. The van der Waals surface area contributed by atoms with Crippen LogP contribution in [0.15, 0.2) is 47.2 Å². The maximum atomic E-state index is 3.39. The van der Waals surface area contributed by atoms with Crippen LogP contribution in [-0.2, 0) is 0 Å². The SMILES string of the molecule is CC#Cc1c2cc3ccsc3cc2c(C#CC)c2cc3ccsc3cc12. The van der Waals surface area contributed by atoms with Crippen molar-refractivity contribution in [1.82, 2.24) is 0 Å². The summed E-state index contributed by atoms with van der Waals surface area (Å²) in [4.78, 5) is 0. The van der Waals surface area contributed by atoms with Crippen LogP contribution in [0, 0.1) is 23.7 Å². The first-order chi connectivity index (χ1) is 12.8. The van der Waals surface area contributed by atoms with Crippen LogP contribution in [0.2, 0.25) is 0 Å². The first-order valence-electron chi connectivity index (χ1n) is 8.43. The number of benzene rings is 3. The van der Waals surface area contributed by atoms with Gasteiger partial charge < -0.3 is 0 Å². The summed E-state index contributed by atoms with van der Waals surface area (Å²) in [6.45, 7) is 3.81. The Morgan fingerprint density at radius 2 is 1.04 bits per heavy atom. The van der Waals surface area contributed by atoms with Gasteiger partial charge >= 0.3 is 0 Å². The summed E-state index contributed by atoms with van der Waals surface area (Å²) in [5.41, 5.74) is 2.23. The average Bonchev–Trinajstić information content (AvgIpc) is 3.29. The smallest absolute Gasteiger partial charge is 0.0403 e. The third kappa shape index (κ3) is 2.17. The molecule has 0 saturated heterocycles. The van der Waals surface area contributed by atoms with Crippen LogP contribution in [0.4, 0.5) is 0 Å². The van der Waals surface area contributed by atoms with Crippen LogP contribution in [0.25, 0.3) is 41.7 Å². The molecule has 0 bridgehead atoms. The van der Waals surface area contributed by atoms with Crippen molar-refractivity contribution in [2.75, 3.05) is 0 Å². The van der Waals surface area contributed by atoms with E-state index in [2.05, 4.69) is 70.8 Å². The third-order valence-corrected chi connectivity index (χ3v) is 6.52. The summed E-state index contributed by atoms with van der Waals surface area (Å²) in [5, 5.41) is 11.6. The molecule has 0 nitrogen and oxygen atoms in total. The molecule has 5 rings (SSSR count). The Bertz CT molecular complexity index is 1250. The molecule has 0 aliphatic carbocycles. The van der Waals surface area contributed by atoms with Gasteiger partial charge in [0, 0.05) is 31.3 Å². The minimum atomic E-state index is 1.11. The van der Waals surface area contributed by atoms with E-state index in [1.165, 1.54) is 41.7 Å². The molecule has 0 aliphatic rings. The maximum Gasteiger partial charge on any atom is 0.0403 e. The van der Waals surface area contributed by atoms with Gasteiger partial charge in [-0.3, -0.25) is 0 Å². The molecule has 0 spiro atoms. The molecule has 3 aromatic carbocycles. The number of rotatable bonds is 0. The quantitative estimate of drug-likeness (QED) is 0.201. The monoisotopic (exact) mass is 366 g/mol. The molecule has 122 valence electrons. The molecule has 0 fully saturated rings. The lowest BCUT2D eigenvalue weighted by Crippen LogP contribution is -1.90. The summed E-state index contributed by atoms with van der Waals surface area (Å²) in [5.74, 6) is 13.0. The van der Waals surface area contributed by atoms with Gasteiger partial charge in [-0.1, -0.05) is 11.8 Å². The van der Waals surface area contributed by atoms with Gasteiger partial charge in [0.25, 0.3) is 0 Å². The van der Waals surface area contributed by atoms with Gasteiger partial charge in [0.1, 0.15) is 0 Å². The predicted octanol–water partition coefficient (Wildman–Crippen LogP) is 7.17. The summed E-state index contributed by atoms with van der Waals surface area (Å²) >= 11 is 3.55. The van der Waals surface area contributed by atoms with E-state index >= 15 is 0 Å². The zero-order valence-corrected chi connectivity index (χ0v) is 16.1. The summed E-state index contributed by atoms with van der Waals surface area (Å²) in [6, 6.07) is 13.5. The van der Waals surface area contributed by atoms with Gasteiger partial charge in [-0.05, 0) is 82.6 Å². The van der Waals surface area contributed by atoms with E-state index < -0.39 is 0 Å². The maximum absolute atomic E-state index is 3.39. The lowest BCUT2D eigenvalue weighted by atomic mass is 9.91. The van der Waals surface area contributed by atoms with Crippen molar-refractivity contribution >= 4 is 64.4 Å². The van der Waals surface area contributed by atoms with E-state index in [1.807, 2.05) is 13.8 Å². The largest absolute Gasteiger partial charge is 0.144 e. The number of hydrogen-bond donors (Lipinski definition) is 0. The summed E-state index contributed by atoms with van der Waals surface area (Å²) in [7, 11) is 0. The highest BCUT2D eigenvalue weighted by Gasteiger charge is 2.14. The Balaban J connectivity index is 2.13. The Labute approximate surface area is 160 Å². The molecule has 2 heterocycles. The van der Waals surface area contributed by atoms with Crippen molar-refractivity contribution in [1.29, 1.82) is 0 Å². The topological polar surface area (TPSA) is 0 Å². The molecule has 0 saturated carbocycles. The molecular formula is C24H14S2.